The fraction of sp³-hybridized carbons (Fsp3) is 0.125. The smallest absolute Gasteiger partial charge is 0.264 e. The number of hydrogen-bond donors (Lipinski definition) is 1. The third-order valence-electron chi connectivity index (χ3n) is 5.06. The summed E-state index contributed by atoms with van der Waals surface area (Å²) in [7, 11) is -2.21. The van der Waals surface area contributed by atoms with E-state index in [0.29, 0.717) is 22.8 Å². The Balaban J connectivity index is 1.42. The van der Waals surface area contributed by atoms with E-state index in [-0.39, 0.29) is 10.8 Å². The van der Waals surface area contributed by atoms with Crippen LogP contribution in [0.3, 0.4) is 0 Å². The molecular formula is C24H22N4O3S2. The summed E-state index contributed by atoms with van der Waals surface area (Å²) < 4.78 is 26.9. The van der Waals surface area contributed by atoms with Crippen LogP contribution in [0.15, 0.2) is 83.8 Å². The summed E-state index contributed by atoms with van der Waals surface area (Å²) in [5.41, 5.74) is 2.94. The molecule has 0 unspecified atom stereocenters. The Bertz CT molecular complexity index is 1350. The first-order valence-corrected chi connectivity index (χ1v) is 12.4. The molecule has 1 amide bonds. The van der Waals surface area contributed by atoms with Crippen molar-refractivity contribution < 1.29 is 13.2 Å². The first-order valence-electron chi connectivity index (χ1n) is 10.2. The van der Waals surface area contributed by atoms with Gasteiger partial charge in [0, 0.05) is 19.0 Å². The normalized spacial score (nSPS) is 11.2. The highest BCUT2D eigenvalue weighted by Gasteiger charge is 2.21. The van der Waals surface area contributed by atoms with E-state index in [2.05, 4.69) is 15.5 Å². The number of nitrogens with one attached hydrogen (secondary N) is 1. The van der Waals surface area contributed by atoms with Gasteiger partial charge >= 0.3 is 0 Å². The summed E-state index contributed by atoms with van der Waals surface area (Å²) in [6, 6.07) is 22.9. The van der Waals surface area contributed by atoms with Crippen molar-refractivity contribution in [2.24, 2.45) is 0 Å². The summed E-state index contributed by atoms with van der Waals surface area (Å²) in [6.45, 7) is 1.90. The largest absolute Gasteiger partial charge is 0.296 e. The molecule has 0 aliphatic rings. The van der Waals surface area contributed by atoms with Crippen molar-refractivity contribution in [3.8, 4) is 0 Å². The molecule has 1 heterocycles. The number of amides is 1. The van der Waals surface area contributed by atoms with Crippen molar-refractivity contribution in [1.82, 2.24) is 10.2 Å². The topological polar surface area (TPSA) is 92.3 Å². The Morgan fingerprint density at radius 2 is 1.61 bits per heavy atom. The van der Waals surface area contributed by atoms with Crippen molar-refractivity contribution in [1.29, 1.82) is 0 Å². The van der Waals surface area contributed by atoms with E-state index in [1.807, 2.05) is 37.3 Å². The van der Waals surface area contributed by atoms with Gasteiger partial charge in [0.25, 0.3) is 15.9 Å². The van der Waals surface area contributed by atoms with Gasteiger partial charge in [-0.2, -0.15) is 0 Å². The number of sulfonamides is 1. The number of rotatable bonds is 7. The van der Waals surface area contributed by atoms with Gasteiger partial charge in [0.2, 0.25) is 5.13 Å². The summed E-state index contributed by atoms with van der Waals surface area (Å²) in [5, 5.41) is 12.1. The Hall–Kier alpha value is -3.56. The first-order chi connectivity index (χ1) is 15.8. The van der Waals surface area contributed by atoms with Gasteiger partial charge in [-0.05, 0) is 48.9 Å². The second-order valence-electron chi connectivity index (χ2n) is 7.45. The Kier molecular flexibility index (Phi) is 6.52. The molecule has 7 nitrogen and oxygen atoms in total. The highest BCUT2D eigenvalue weighted by Crippen LogP contribution is 2.24. The average molecular weight is 479 g/mol. The molecule has 168 valence electrons. The molecule has 3 aromatic carbocycles. The number of aromatic nitrogens is 2. The molecule has 0 aliphatic heterocycles. The average Bonchev–Trinajstić information content (AvgIpc) is 3.26. The number of benzene rings is 3. The predicted molar refractivity (Wildman–Crippen MR) is 130 cm³/mol. The number of aryl methyl sites for hydroxylation is 1. The zero-order valence-electron chi connectivity index (χ0n) is 18.1. The minimum absolute atomic E-state index is 0.208. The SMILES string of the molecule is Cc1ccc(S(=O)(=O)N(C)c2ccc(C(=O)Nc3nnc(Cc4ccccc4)s3)cc2)cc1. The summed E-state index contributed by atoms with van der Waals surface area (Å²) in [4.78, 5) is 12.8. The molecule has 0 fully saturated rings. The highest BCUT2D eigenvalue weighted by molar-refractivity contribution is 7.92. The number of carbonyl (C=O) groups excluding carboxylic acids is 1. The third kappa shape index (κ3) is 5.27. The van der Waals surface area contributed by atoms with Gasteiger partial charge in [-0.3, -0.25) is 14.4 Å². The van der Waals surface area contributed by atoms with Crippen LogP contribution in [0.1, 0.15) is 26.5 Å². The molecule has 1 aromatic heterocycles. The zero-order chi connectivity index (χ0) is 23.4. The van der Waals surface area contributed by atoms with Crippen molar-refractivity contribution in [2.45, 2.75) is 18.2 Å². The van der Waals surface area contributed by atoms with Gasteiger partial charge in [0.05, 0.1) is 10.6 Å². The number of nitrogens with zero attached hydrogens (tertiary/aromatic N) is 3. The lowest BCUT2D eigenvalue weighted by molar-refractivity contribution is 0.102. The van der Waals surface area contributed by atoms with Gasteiger partial charge in [-0.1, -0.05) is 59.4 Å². The van der Waals surface area contributed by atoms with E-state index in [1.54, 1.807) is 48.5 Å². The van der Waals surface area contributed by atoms with Crippen LogP contribution in [0.5, 0.6) is 0 Å². The van der Waals surface area contributed by atoms with E-state index >= 15 is 0 Å². The van der Waals surface area contributed by atoms with E-state index < -0.39 is 10.0 Å². The molecule has 4 aromatic rings. The van der Waals surface area contributed by atoms with Crippen LogP contribution in [0.4, 0.5) is 10.8 Å². The highest BCUT2D eigenvalue weighted by atomic mass is 32.2. The summed E-state index contributed by atoms with van der Waals surface area (Å²) in [5.74, 6) is -0.340. The van der Waals surface area contributed by atoms with Crippen LogP contribution in [-0.2, 0) is 16.4 Å². The lowest BCUT2D eigenvalue weighted by Gasteiger charge is -2.19. The maximum Gasteiger partial charge on any atom is 0.264 e. The van der Waals surface area contributed by atoms with Crippen molar-refractivity contribution in [3.63, 3.8) is 0 Å². The molecule has 0 radical (unpaired) electrons. The van der Waals surface area contributed by atoms with Crippen LogP contribution in [0, 0.1) is 6.92 Å². The molecule has 4 rings (SSSR count). The second-order valence-corrected chi connectivity index (χ2v) is 10.5. The van der Waals surface area contributed by atoms with E-state index in [0.717, 1.165) is 16.1 Å². The standard InChI is InChI=1S/C24H22N4O3S2/c1-17-8-14-21(15-9-17)33(30,31)28(2)20-12-10-19(11-13-20)23(29)25-24-27-26-22(32-24)16-18-6-4-3-5-7-18/h3-15H,16H2,1-2H3,(H,25,27,29). The maximum absolute atomic E-state index is 12.9. The lowest BCUT2D eigenvalue weighted by Crippen LogP contribution is -2.26. The van der Waals surface area contributed by atoms with Gasteiger partial charge in [0.15, 0.2) is 0 Å². The van der Waals surface area contributed by atoms with Crippen LogP contribution in [0.25, 0.3) is 0 Å². The van der Waals surface area contributed by atoms with E-state index in [9.17, 15) is 13.2 Å². The maximum atomic E-state index is 12.9. The fourth-order valence-corrected chi connectivity index (χ4v) is 5.11. The molecule has 9 heteroatoms. The monoisotopic (exact) mass is 478 g/mol. The number of anilines is 2. The van der Waals surface area contributed by atoms with Crippen molar-refractivity contribution in [2.75, 3.05) is 16.7 Å². The first kappa shape index (κ1) is 22.6. The van der Waals surface area contributed by atoms with Crippen LogP contribution in [0.2, 0.25) is 0 Å². The molecule has 0 spiro atoms. The lowest BCUT2D eigenvalue weighted by atomic mass is 10.2. The zero-order valence-corrected chi connectivity index (χ0v) is 19.7. The van der Waals surface area contributed by atoms with Crippen molar-refractivity contribution >= 4 is 38.1 Å². The van der Waals surface area contributed by atoms with Gasteiger partial charge < -0.3 is 0 Å². The molecule has 0 bridgehead atoms. The van der Waals surface area contributed by atoms with E-state index in [4.69, 9.17) is 0 Å². The van der Waals surface area contributed by atoms with Crippen LogP contribution in [-0.4, -0.2) is 31.6 Å². The molecule has 1 N–H and O–H groups in total. The molecule has 33 heavy (non-hydrogen) atoms. The number of carbonyl (C=O) groups is 1. The molecule has 0 saturated carbocycles. The van der Waals surface area contributed by atoms with Gasteiger partial charge in [0.1, 0.15) is 5.01 Å². The summed E-state index contributed by atoms with van der Waals surface area (Å²) in [6.07, 6.45) is 0.644. The predicted octanol–water partition coefficient (Wildman–Crippen LogP) is 4.51. The molecule has 0 aliphatic carbocycles. The fourth-order valence-electron chi connectivity index (χ4n) is 3.15. The van der Waals surface area contributed by atoms with Crippen LogP contribution >= 0.6 is 11.3 Å². The molecule has 0 saturated heterocycles. The van der Waals surface area contributed by atoms with Gasteiger partial charge in [-0.25, -0.2) is 8.42 Å². The molecule has 0 atom stereocenters. The Morgan fingerprint density at radius 1 is 0.939 bits per heavy atom. The Labute approximate surface area is 196 Å². The third-order valence-corrected chi connectivity index (χ3v) is 7.70. The minimum atomic E-state index is -3.70. The Morgan fingerprint density at radius 3 is 2.27 bits per heavy atom. The van der Waals surface area contributed by atoms with Gasteiger partial charge in [-0.15, -0.1) is 10.2 Å². The second kappa shape index (κ2) is 9.51. The van der Waals surface area contributed by atoms with E-state index in [1.165, 1.54) is 22.7 Å². The quantitative estimate of drug-likeness (QED) is 0.422. The summed E-state index contributed by atoms with van der Waals surface area (Å²) >= 11 is 1.32. The van der Waals surface area contributed by atoms with Crippen LogP contribution < -0.4 is 9.62 Å². The van der Waals surface area contributed by atoms with Crippen molar-refractivity contribution in [3.05, 3.63) is 101 Å². The molecular weight excluding hydrogens is 456 g/mol. The minimum Gasteiger partial charge on any atom is -0.296 e. The number of hydrogen-bond acceptors (Lipinski definition) is 6.